The van der Waals surface area contributed by atoms with E-state index in [1.165, 1.54) is 24.1 Å². The minimum atomic E-state index is 0.158. The van der Waals surface area contributed by atoms with E-state index in [2.05, 4.69) is 54.9 Å². The third-order valence-electron chi connectivity index (χ3n) is 4.82. The van der Waals surface area contributed by atoms with E-state index < -0.39 is 0 Å². The lowest BCUT2D eigenvalue weighted by molar-refractivity contribution is 0.121. The van der Waals surface area contributed by atoms with Gasteiger partial charge < -0.3 is 10.6 Å². The summed E-state index contributed by atoms with van der Waals surface area (Å²) in [6, 6.07) is 8.47. The number of para-hydroxylation sites is 1. The van der Waals surface area contributed by atoms with Crippen LogP contribution in [0.5, 0.6) is 0 Å². The molecule has 2 aliphatic rings. The van der Waals surface area contributed by atoms with Crippen LogP contribution in [-0.2, 0) is 0 Å². The summed E-state index contributed by atoms with van der Waals surface area (Å²) in [4.78, 5) is 6.82. The van der Waals surface area contributed by atoms with Gasteiger partial charge in [-0.1, -0.05) is 32.0 Å². The lowest BCUT2D eigenvalue weighted by atomic mass is 9.63. The number of benzene rings is 1. The topological polar surface area (TPSA) is 41.6 Å². The van der Waals surface area contributed by atoms with Crippen molar-refractivity contribution in [3.63, 3.8) is 0 Å². The third-order valence-corrected chi connectivity index (χ3v) is 4.82. The van der Waals surface area contributed by atoms with Gasteiger partial charge in [-0.05, 0) is 43.2 Å². The van der Waals surface area contributed by atoms with Crippen molar-refractivity contribution < 1.29 is 0 Å². The summed E-state index contributed by atoms with van der Waals surface area (Å²) in [5.41, 5.74) is 8.82. The van der Waals surface area contributed by atoms with Crippen LogP contribution in [0.1, 0.15) is 32.3 Å². The maximum Gasteiger partial charge on any atom is 0.196 e. The first-order valence-corrected chi connectivity index (χ1v) is 7.19. The molecule has 0 aromatic heterocycles. The van der Waals surface area contributed by atoms with Crippen molar-refractivity contribution in [1.29, 1.82) is 0 Å². The van der Waals surface area contributed by atoms with Gasteiger partial charge in [0.2, 0.25) is 0 Å². The SMILES string of the molecule is Cc1ccccc1N1C(N)=NCC12CC(C(C)C)C2. The van der Waals surface area contributed by atoms with Crippen LogP contribution in [0.2, 0.25) is 0 Å². The second-order valence-electron chi connectivity index (χ2n) is 6.43. The van der Waals surface area contributed by atoms with Crippen molar-refractivity contribution in [2.24, 2.45) is 22.6 Å². The Labute approximate surface area is 115 Å². The lowest BCUT2D eigenvalue weighted by Crippen LogP contribution is -2.60. The first-order valence-electron chi connectivity index (χ1n) is 7.19. The Hall–Kier alpha value is -1.51. The normalized spacial score (nSPS) is 29.8. The van der Waals surface area contributed by atoms with E-state index in [9.17, 15) is 0 Å². The molecule has 0 bridgehead atoms. The van der Waals surface area contributed by atoms with Crippen LogP contribution in [0.25, 0.3) is 0 Å². The fourth-order valence-electron chi connectivity index (χ4n) is 3.51. The van der Waals surface area contributed by atoms with Gasteiger partial charge in [0.25, 0.3) is 0 Å². The van der Waals surface area contributed by atoms with Crippen molar-refractivity contribution in [1.82, 2.24) is 0 Å². The summed E-state index contributed by atoms with van der Waals surface area (Å²) in [6.07, 6.45) is 2.42. The molecule has 19 heavy (non-hydrogen) atoms. The number of rotatable bonds is 2. The van der Waals surface area contributed by atoms with Gasteiger partial charge in [-0.3, -0.25) is 4.99 Å². The minimum absolute atomic E-state index is 0.158. The molecule has 1 aromatic rings. The molecular weight excluding hydrogens is 234 g/mol. The van der Waals surface area contributed by atoms with Crippen LogP contribution in [0.3, 0.4) is 0 Å². The average Bonchev–Trinajstić information content (AvgIpc) is 2.66. The van der Waals surface area contributed by atoms with Crippen molar-refractivity contribution in [3.05, 3.63) is 29.8 Å². The van der Waals surface area contributed by atoms with Crippen LogP contribution in [-0.4, -0.2) is 18.0 Å². The Balaban J connectivity index is 1.91. The van der Waals surface area contributed by atoms with Crippen LogP contribution < -0.4 is 10.6 Å². The number of nitrogens with two attached hydrogens (primary N) is 1. The van der Waals surface area contributed by atoms with Crippen molar-refractivity contribution in [2.75, 3.05) is 11.4 Å². The molecule has 0 unspecified atom stereocenters. The van der Waals surface area contributed by atoms with Crippen molar-refractivity contribution in [2.45, 2.75) is 39.2 Å². The van der Waals surface area contributed by atoms with Crippen molar-refractivity contribution in [3.8, 4) is 0 Å². The molecule has 2 N–H and O–H groups in total. The Morgan fingerprint density at radius 2 is 2.00 bits per heavy atom. The summed E-state index contributed by atoms with van der Waals surface area (Å²) in [5.74, 6) is 2.26. The summed E-state index contributed by atoms with van der Waals surface area (Å²) >= 11 is 0. The molecule has 102 valence electrons. The largest absolute Gasteiger partial charge is 0.369 e. The maximum atomic E-state index is 6.16. The zero-order valence-electron chi connectivity index (χ0n) is 12.1. The monoisotopic (exact) mass is 257 g/mol. The standard InChI is InChI=1S/C16H23N3/c1-11(2)13-8-16(9-13)10-18-15(17)19(16)14-7-5-4-6-12(14)3/h4-7,11,13H,8-10H2,1-3H3,(H2,17,18). The summed E-state index contributed by atoms with van der Waals surface area (Å²) in [6.45, 7) is 7.63. The molecule has 0 radical (unpaired) electrons. The van der Waals surface area contributed by atoms with E-state index in [1.54, 1.807) is 0 Å². The van der Waals surface area contributed by atoms with Gasteiger partial charge >= 0.3 is 0 Å². The molecule has 3 heteroatoms. The zero-order chi connectivity index (χ0) is 13.6. The van der Waals surface area contributed by atoms with Crippen molar-refractivity contribution >= 4 is 11.6 Å². The highest BCUT2D eigenvalue weighted by molar-refractivity contribution is 5.99. The van der Waals surface area contributed by atoms with Gasteiger partial charge in [0.1, 0.15) is 0 Å². The molecule has 1 heterocycles. The minimum Gasteiger partial charge on any atom is -0.369 e. The number of aliphatic imine (C=N–C) groups is 1. The summed E-state index contributed by atoms with van der Waals surface area (Å²) in [7, 11) is 0. The number of hydrogen-bond acceptors (Lipinski definition) is 3. The molecule has 1 spiro atoms. The Morgan fingerprint density at radius 3 is 2.63 bits per heavy atom. The predicted octanol–water partition coefficient (Wildman–Crippen LogP) is 2.93. The Bertz CT molecular complexity index is 512. The van der Waals surface area contributed by atoms with E-state index in [0.717, 1.165) is 18.4 Å². The number of aryl methyl sites for hydroxylation is 1. The first-order chi connectivity index (χ1) is 9.03. The Morgan fingerprint density at radius 1 is 1.32 bits per heavy atom. The first kappa shape index (κ1) is 12.5. The average molecular weight is 257 g/mol. The van der Waals surface area contributed by atoms with Crippen LogP contribution >= 0.6 is 0 Å². The van der Waals surface area contributed by atoms with E-state index >= 15 is 0 Å². The molecule has 0 saturated heterocycles. The highest BCUT2D eigenvalue weighted by Gasteiger charge is 2.53. The number of nitrogens with zero attached hydrogens (tertiary/aromatic N) is 2. The van der Waals surface area contributed by atoms with E-state index in [-0.39, 0.29) is 5.54 Å². The Kier molecular flexibility index (Phi) is 2.80. The molecule has 1 aromatic carbocycles. The van der Waals surface area contributed by atoms with Gasteiger partial charge in [0, 0.05) is 5.69 Å². The zero-order valence-corrected chi connectivity index (χ0v) is 12.1. The molecule has 1 saturated carbocycles. The quantitative estimate of drug-likeness (QED) is 0.885. The van der Waals surface area contributed by atoms with E-state index in [0.29, 0.717) is 5.96 Å². The highest BCUT2D eigenvalue weighted by atomic mass is 15.4. The third kappa shape index (κ3) is 1.83. The van der Waals surface area contributed by atoms with Gasteiger partial charge in [0.15, 0.2) is 5.96 Å². The molecule has 1 fully saturated rings. The van der Waals surface area contributed by atoms with E-state index in [1.807, 2.05) is 0 Å². The number of anilines is 1. The van der Waals surface area contributed by atoms with Gasteiger partial charge in [-0.15, -0.1) is 0 Å². The summed E-state index contributed by atoms with van der Waals surface area (Å²) < 4.78 is 0. The summed E-state index contributed by atoms with van der Waals surface area (Å²) in [5, 5.41) is 0. The molecule has 1 aliphatic heterocycles. The predicted molar refractivity (Wildman–Crippen MR) is 80.4 cm³/mol. The molecule has 3 nitrogen and oxygen atoms in total. The maximum absolute atomic E-state index is 6.16. The second-order valence-corrected chi connectivity index (χ2v) is 6.43. The van der Waals surface area contributed by atoms with E-state index in [4.69, 9.17) is 5.73 Å². The van der Waals surface area contributed by atoms with Crippen LogP contribution in [0, 0.1) is 18.8 Å². The molecule has 3 rings (SSSR count). The molecule has 0 atom stereocenters. The molecular formula is C16H23N3. The van der Waals surface area contributed by atoms with Gasteiger partial charge in [0.05, 0.1) is 12.1 Å². The second kappa shape index (κ2) is 4.26. The smallest absolute Gasteiger partial charge is 0.196 e. The molecule has 0 amide bonds. The highest BCUT2D eigenvalue weighted by Crippen LogP contribution is 2.50. The molecule has 1 aliphatic carbocycles. The van der Waals surface area contributed by atoms with Gasteiger partial charge in [-0.25, -0.2) is 0 Å². The fourth-order valence-corrected chi connectivity index (χ4v) is 3.51. The number of guanidine groups is 1. The van der Waals surface area contributed by atoms with Crippen LogP contribution in [0.4, 0.5) is 5.69 Å². The fraction of sp³-hybridized carbons (Fsp3) is 0.562. The number of hydrogen-bond donors (Lipinski definition) is 1. The van der Waals surface area contributed by atoms with Gasteiger partial charge in [-0.2, -0.15) is 0 Å². The lowest BCUT2D eigenvalue weighted by Gasteiger charge is -2.52. The van der Waals surface area contributed by atoms with Crippen LogP contribution in [0.15, 0.2) is 29.3 Å².